The third kappa shape index (κ3) is 5.64. The molecule has 0 atom stereocenters. The first-order chi connectivity index (χ1) is 6.29. The number of hydrogen-bond donors (Lipinski definition) is 2. The van der Waals surface area contributed by atoms with Gasteiger partial charge in [-0.2, -0.15) is 0 Å². The van der Waals surface area contributed by atoms with E-state index >= 15 is 0 Å². The fourth-order valence-electron chi connectivity index (χ4n) is 0.956. The Morgan fingerprint density at radius 3 is 1.54 bits per heavy atom. The van der Waals surface area contributed by atoms with Gasteiger partial charge in [-0.1, -0.05) is 24.3 Å². The van der Waals surface area contributed by atoms with E-state index in [4.69, 9.17) is 30.5 Å². The van der Waals surface area contributed by atoms with Crippen LogP contribution in [0.3, 0.4) is 0 Å². The van der Waals surface area contributed by atoms with Gasteiger partial charge in [0.25, 0.3) is 0 Å². The molecule has 0 unspecified atom stereocenters. The van der Waals surface area contributed by atoms with Gasteiger partial charge in [0.2, 0.25) is 0 Å². The minimum atomic E-state index is -0.106. The quantitative estimate of drug-likeness (QED) is 0.820. The maximum atomic E-state index is 5.47. The van der Waals surface area contributed by atoms with Crippen molar-refractivity contribution in [2.45, 2.75) is 13.1 Å². The molecule has 0 bridgehead atoms. The van der Waals surface area contributed by atoms with Crippen LogP contribution in [-0.4, -0.2) is 0 Å². The van der Waals surface area contributed by atoms with E-state index in [0.717, 1.165) is 11.1 Å². The van der Waals surface area contributed by atoms with Crippen LogP contribution in [0.4, 0.5) is 0 Å². The summed E-state index contributed by atoms with van der Waals surface area (Å²) >= 11 is -0.106. The Kier molecular flexibility index (Phi) is 9.22. The molecule has 0 aromatic heterocycles. The average molecular weight is 314 g/mol. The van der Waals surface area contributed by atoms with Crippen molar-refractivity contribution in [2.24, 2.45) is 11.5 Å². The fourth-order valence-corrected chi connectivity index (χ4v) is 0.956. The van der Waals surface area contributed by atoms with Gasteiger partial charge in [-0.25, -0.2) is 0 Å². The van der Waals surface area contributed by atoms with Gasteiger partial charge in [0.1, 0.15) is 0 Å². The molecule has 0 fully saturated rings. The molecule has 2 nitrogen and oxygen atoms in total. The first-order valence-electron chi connectivity index (χ1n) is 3.59. The molecule has 13 heavy (non-hydrogen) atoms. The van der Waals surface area contributed by atoms with Crippen LogP contribution in [0.15, 0.2) is 24.3 Å². The van der Waals surface area contributed by atoms with Gasteiger partial charge in [-0.05, 0) is 11.1 Å². The van der Waals surface area contributed by atoms with E-state index in [9.17, 15) is 0 Å². The predicted octanol–water partition coefficient (Wildman–Crippen LogP) is 1.98. The molecule has 0 amide bonds. The van der Waals surface area contributed by atoms with Crippen molar-refractivity contribution < 1.29 is 15.9 Å². The number of nitrogens with two attached hydrogens (primary N) is 2. The van der Waals surface area contributed by atoms with Crippen LogP contribution in [0, 0.1) is 0 Å². The van der Waals surface area contributed by atoms with E-state index in [1.807, 2.05) is 24.3 Å². The number of rotatable bonds is 2. The van der Waals surface area contributed by atoms with E-state index < -0.39 is 0 Å². The standard InChI is InChI=1S/C8H12N2.2ClH.Pd/c9-5-7-3-1-2-4-8(7)6-10;;;/h1-4H,5-6,9-10H2;2*1H;/q;;;+2/p-2. The Hall–Kier alpha value is 0.382. The van der Waals surface area contributed by atoms with Crippen LogP contribution in [-0.2, 0) is 29.0 Å². The van der Waals surface area contributed by atoms with Crippen molar-refractivity contribution in [3.8, 4) is 0 Å². The molecule has 78 valence electrons. The van der Waals surface area contributed by atoms with E-state index in [2.05, 4.69) is 0 Å². The van der Waals surface area contributed by atoms with E-state index in [1.54, 1.807) is 0 Å². The molecule has 4 N–H and O–H groups in total. The molecule has 0 radical (unpaired) electrons. The van der Waals surface area contributed by atoms with Gasteiger partial charge in [-0.15, -0.1) is 0 Å². The summed E-state index contributed by atoms with van der Waals surface area (Å²) in [6, 6.07) is 7.95. The summed E-state index contributed by atoms with van der Waals surface area (Å²) in [7, 11) is 9.63. The predicted molar refractivity (Wildman–Crippen MR) is 53.9 cm³/mol. The Balaban J connectivity index is 0.000000424. The molecule has 0 aliphatic carbocycles. The topological polar surface area (TPSA) is 52.0 Å². The number of benzene rings is 1. The molecule has 1 rings (SSSR count). The summed E-state index contributed by atoms with van der Waals surface area (Å²) in [4.78, 5) is 0. The molecule has 0 aliphatic rings. The number of hydrogen-bond acceptors (Lipinski definition) is 2. The molecule has 0 spiro atoms. The zero-order chi connectivity index (χ0) is 10.1. The Morgan fingerprint density at radius 1 is 1.00 bits per heavy atom. The first kappa shape index (κ1) is 13.4. The summed E-state index contributed by atoms with van der Waals surface area (Å²) in [5, 5.41) is 0. The number of halogens is 2. The van der Waals surface area contributed by atoms with Crippen LogP contribution in [0.2, 0.25) is 0 Å². The molecule has 0 saturated heterocycles. The van der Waals surface area contributed by atoms with Crippen LogP contribution in [0.1, 0.15) is 11.1 Å². The molecule has 5 heteroatoms. The van der Waals surface area contributed by atoms with Gasteiger partial charge < -0.3 is 11.5 Å². The van der Waals surface area contributed by atoms with Crippen LogP contribution < -0.4 is 11.5 Å². The molecular weight excluding hydrogens is 301 g/mol. The molecular formula is C8H12Cl2N2Pd. The van der Waals surface area contributed by atoms with Gasteiger partial charge >= 0.3 is 35.0 Å². The maximum absolute atomic E-state index is 5.47. The van der Waals surface area contributed by atoms with Crippen molar-refractivity contribution in [2.75, 3.05) is 0 Å². The van der Waals surface area contributed by atoms with Gasteiger partial charge in [0.15, 0.2) is 0 Å². The third-order valence-corrected chi connectivity index (χ3v) is 1.56. The first-order valence-corrected chi connectivity index (χ1v) is 7.59. The van der Waals surface area contributed by atoms with Crippen LogP contribution in [0.25, 0.3) is 0 Å². The summed E-state index contributed by atoms with van der Waals surface area (Å²) in [6.07, 6.45) is 0. The van der Waals surface area contributed by atoms with Crippen molar-refractivity contribution in [3.05, 3.63) is 35.4 Å². The van der Waals surface area contributed by atoms with Crippen LogP contribution in [0.5, 0.6) is 0 Å². The molecule has 1 aromatic carbocycles. The Bertz CT molecular complexity index is 210. The molecule has 0 heterocycles. The van der Waals surface area contributed by atoms with Crippen molar-refractivity contribution in [3.63, 3.8) is 0 Å². The second kappa shape index (κ2) is 8.96. The van der Waals surface area contributed by atoms with Crippen molar-refractivity contribution >= 4 is 19.1 Å². The normalized spacial score (nSPS) is 9.23. The van der Waals surface area contributed by atoms with E-state index in [1.165, 1.54) is 0 Å². The summed E-state index contributed by atoms with van der Waals surface area (Å²) in [6.45, 7) is 1.15. The second-order valence-corrected chi connectivity index (χ2v) is 4.58. The monoisotopic (exact) mass is 312 g/mol. The zero-order valence-electron chi connectivity index (χ0n) is 6.95. The third-order valence-electron chi connectivity index (χ3n) is 1.56. The van der Waals surface area contributed by atoms with E-state index in [-0.39, 0.29) is 15.9 Å². The van der Waals surface area contributed by atoms with Gasteiger partial charge in [0, 0.05) is 13.1 Å². The summed E-state index contributed by atoms with van der Waals surface area (Å²) in [5.41, 5.74) is 13.2. The molecule has 0 saturated carbocycles. The average Bonchev–Trinajstić information content (AvgIpc) is 2.19. The summed E-state index contributed by atoms with van der Waals surface area (Å²) in [5.74, 6) is 0. The van der Waals surface area contributed by atoms with Crippen molar-refractivity contribution in [1.82, 2.24) is 0 Å². The minimum absolute atomic E-state index is 0.106. The Labute approximate surface area is 94.7 Å². The molecule has 1 aromatic rings. The molecule has 0 aliphatic heterocycles. The van der Waals surface area contributed by atoms with Gasteiger partial charge in [-0.3, -0.25) is 0 Å². The van der Waals surface area contributed by atoms with E-state index in [0.29, 0.717) is 13.1 Å². The summed E-state index contributed by atoms with van der Waals surface area (Å²) < 4.78 is 0. The van der Waals surface area contributed by atoms with Crippen molar-refractivity contribution in [1.29, 1.82) is 0 Å². The van der Waals surface area contributed by atoms with Crippen LogP contribution >= 0.6 is 19.1 Å². The SMILES string of the molecule is NCc1ccccc1CN.[Cl][Pd][Cl]. The van der Waals surface area contributed by atoms with Gasteiger partial charge in [0.05, 0.1) is 0 Å². The fraction of sp³-hybridized carbons (Fsp3) is 0.250. The second-order valence-electron chi connectivity index (χ2n) is 2.22. The Morgan fingerprint density at radius 2 is 1.31 bits per heavy atom. The zero-order valence-corrected chi connectivity index (χ0v) is 10.0.